The van der Waals surface area contributed by atoms with Crippen LogP contribution in [0.25, 0.3) is 0 Å². The summed E-state index contributed by atoms with van der Waals surface area (Å²) >= 11 is 5.97. The smallest absolute Gasteiger partial charge is 0.205 e. The average molecular weight is 406 g/mol. The van der Waals surface area contributed by atoms with Gasteiger partial charge in [-0.2, -0.15) is 0 Å². The fraction of sp³-hybridized carbons (Fsp3) is 0.240. The van der Waals surface area contributed by atoms with E-state index in [2.05, 4.69) is 36.5 Å². The van der Waals surface area contributed by atoms with Gasteiger partial charge in [-0.15, -0.1) is 0 Å². The average Bonchev–Trinajstić information content (AvgIpc) is 3.12. The van der Waals surface area contributed by atoms with Crippen molar-refractivity contribution >= 4 is 23.1 Å². The molecular formula is C25H24ClNO2. The Balaban J connectivity index is 1.59. The summed E-state index contributed by atoms with van der Waals surface area (Å²) in [6.07, 6.45) is 2.83. The minimum atomic E-state index is -0.631. The fourth-order valence-corrected chi connectivity index (χ4v) is 3.80. The van der Waals surface area contributed by atoms with Crippen molar-refractivity contribution in [2.24, 2.45) is 0 Å². The van der Waals surface area contributed by atoms with E-state index in [1.807, 2.05) is 24.3 Å². The number of hydrogen-bond donors (Lipinski definition) is 1. The van der Waals surface area contributed by atoms with Crippen molar-refractivity contribution in [3.8, 4) is 5.75 Å². The Bertz CT molecular complexity index is 982. The van der Waals surface area contributed by atoms with E-state index >= 15 is 0 Å². The maximum absolute atomic E-state index is 13.2. The van der Waals surface area contributed by atoms with Gasteiger partial charge < -0.3 is 10.1 Å². The fourth-order valence-electron chi connectivity index (χ4n) is 3.68. The Morgan fingerprint density at radius 2 is 1.72 bits per heavy atom. The van der Waals surface area contributed by atoms with Crippen LogP contribution in [0.15, 0.2) is 72.8 Å². The molecule has 148 valence electrons. The number of fused-ring (bicyclic) bond motifs is 1. The lowest BCUT2D eigenvalue weighted by Crippen LogP contribution is -2.33. The summed E-state index contributed by atoms with van der Waals surface area (Å²) in [5.41, 5.74) is 3.89. The van der Waals surface area contributed by atoms with Crippen LogP contribution in [-0.2, 0) is 6.42 Å². The maximum Gasteiger partial charge on any atom is 0.205 e. The second-order valence-electron chi connectivity index (χ2n) is 7.37. The van der Waals surface area contributed by atoms with Crippen LogP contribution >= 0.6 is 11.6 Å². The number of rotatable bonds is 7. The Morgan fingerprint density at radius 1 is 1.00 bits per heavy atom. The van der Waals surface area contributed by atoms with Crippen LogP contribution in [0.2, 0.25) is 5.02 Å². The van der Waals surface area contributed by atoms with Crippen molar-refractivity contribution in [3.63, 3.8) is 0 Å². The molecule has 1 aliphatic heterocycles. The molecule has 0 saturated carbocycles. The van der Waals surface area contributed by atoms with Gasteiger partial charge in [0, 0.05) is 21.8 Å². The summed E-state index contributed by atoms with van der Waals surface area (Å²) in [6, 6.07) is 23.0. The van der Waals surface area contributed by atoms with E-state index in [-0.39, 0.29) is 11.8 Å². The largest absolute Gasteiger partial charge is 0.479 e. The minimum Gasteiger partial charge on any atom is -0.479 e. The van der Waals surface area contributed by atoms with Gasteiger partial charge in [0.1, 0.15) is 5.75 Å². The molecule has 0 fully saturated rings. The number of unbranched alkanes of at least 4 members (excludes halogenated alkanes) is 1. The molecule has 0 spiro atoms. The Morgan fingerprint density at radius 3 is 2.45 bits per heavy atom. The summed E-state index contributed by atoms with van der Waals surface area (Å²) in [4.78, 5) is 13.2. The molecule has 0 saturated heterocycles. The molecule has 0 aromatic heterocycles. The molecule has 3 nitrogen and oxygen atoms in total. The van der Waals surface area contributed by atoms with Crippen LogP contribution in [0.4, 0.5) is 5.69 Å². The summed E-state index contributed by atoms with van der Waals surface area (Å²) in [7, 11) is 0. The summed E-state index contributed by atoms with van der Waals surface area (Å²) in [5.74, 6) is 0.687. The predicted molar refractivity (Wildman–Crippen MR) is 118 cm³/mol. The standard InChI is InChI=1S/C25H24ClNO2/c1-2-3-6-17-9-15-20(16-10-17)27-23-21-7-4-5-8-22(21)29-25(23)24(28)18-11-13-19(26)14-12-18/h4-5,7-16,23,25,27H,2-3,6H2,1H3. The quantitative estimate of drug-likeness (QED) is 0.457. The van der Waals surface area contributed by atoms with Crippen molar-refractivity contribution in [3.05, 3.63) is 94.5 Å². The maximum atomic E-state index is 13.2. The van der Waals surface area contributed by atoms with Crippen molar-refractivity contribution in [1.29, 1.82) is 0 Å². The van der Waals surface area contributed by atoms with Gasteiger partial charge in [-0.1, -0.05) is 55.3 Å². The van der Waals surface area contributed by atoms with Gasteiger partial charge >= 0.3 is 0 Å². The van der Waals surface area contributed by atoms with Crippen LogP contribution in [0.1, 0.15) is 47.3 Å². The van der Waals surface area contributed by atoms with Crippen molar-refractivity contribution < 1.29 is 9.53 Å². The minimum absolute atomic E-state index is 0.0602. The molecule has 2 unspecified atom stereocenters. The number of carbonyl (C=O) groups excluding carboxylic acids is 1. The molecule has 0 bridgehead atoms. The highest BCUT2D eigenvalue weighted by Crippen LogP contribution is 2.39. The number of aryl methyl sites for hydroxylation is 1. The van der Waals surface area contributed by atoms with Crippen molar-refractivity contribution in [2.45, 2.75) is 38.3 Å². The highest BCUT2D eigenvalue weighted by Gasteiger charge is 2.39. The van der Waals surface area contributed by atoms with Crippen LogP contribution in [0.5, 0.6) is 5.75 Å². The van der Waals surface area contributed by atoms with Gasteiger partial charge in [0.05, 0.1) is 6.04 Å². The molecule has 29 heavy (non-hydrogen) atoms. The second kappa shape index (κ2) is 8.71. The first-order chi connectivity index (χ1) is 14.2. The van der Waals surface area contributed by atoms with E-state index in [0.29, 0.717) is 10.6 Å². The van der Waals surface area contributed by atoms with Gasteiger partial charge in [-0.3, -0.25) is 4.79 Å². The Hall–Kier alpha value is -2.78. The SMILES string of the molecule is CCCCc1ccc(NC2c3ccccc3OC2C(=O)c2ccc(Cl)cc2)cc1. The highest BCUT2D eigenvalue weighted by atomic mass is 35.5. The molecule has 4 heteroatoms. The zero-order chi connectivity index (χ0) is 20.2. The third kappa shape index (κ3) is 4.30. The van der Waals surface area contributed by atoms with Crippen LogP contribution in [0, 0.1) is 0 Å². The number of Topliss-reactive ketones (excluding diaryl/α,β-unsaturated/α-hetero) is 1. The molecule has 1 N–H and O–H groups in total. The van der Waals surface area contributed by atoms with E-state index in [1.165, 1.54) is 18.4 Å². The van der Waals surface area contributed by atoms with E-state index in [1.54, 1.807) is 24.3 Å². The lowest BCUT2D eigenvalue weighted by Gasteiger charge is -2.21. The predicted octanol–water partition coefficient (Wildman–Crippen LogP) is 6.48. The second-order valence-corrected chi connectivity index (χ2v) is 7.81. The van der Waals surface area contributed by atoms with Crippen molar-refractivity contribution in [1.82, 2.24) is 0 Å². The van der Waals surface area contributed by atoms with Gasteiger partial charge in [0.15, 0.2) is 6.10 Å². The lowest BCUT2D eigenvalue weighted by atomic mass is 9.96. The van der Waals surface area contributed by atoms with Crippen LogP contribution in [-0.4, -0.2) is 11.9 Å². The number of nitrogens with one attached hydrogen (secondary N) is 1. The number of hydrogen-bond acceptors (Lipinski definition) is 3. The first kappa shape index (κ1) is 19.5. The zero-order valence-corrected chi connectivity index (χ0v) is 17.2. The number of ketones is 1. The van der Waals surface area contributed by atoms with E-state index in [0.717, 1.165) is 23.4 Å². The van der Waals surface area contributed by atoms with E-state index < -0.39 is 6.10 Å². The first-order valence-electron chi connectivity index (χ1n) is 10.1. The number of para-hydroxylation sites is 1. The van der Waals surface area contributed by atoms with E-state index in [4.69, 9.17) is 16.3 Å². The molecule has 3 aromatic carbocycles. The molecule has 0 amide bonds. The number of ether oxygens (including phenoxy) is 1. The lowest BCUT2D eigenvalue weighted by molar-refractivity contribution is 0.0802. The monoisotopic (exact) mass is 405 g/mol. The van der Waals surface area contributed by atoms with Crippen molar-refractivity contribution in [2.75, 3.05) is 5.32 Å². The molecular weight excluding hydrogens is 382 g/mol. The molecule has 0 radical (unpaired) electrons. The molecule has 2 atom stereocenters. The van der Waals surface area contributed by atoms with Gasteiger partial charge in [-0.05, 0) is 60.9 Å². The van der Waals surface area contributed by atoms with Crippen LogP contribution < -0.4 is 10.1 Å². The highest BCUT2D eigenvalue weighted by molar-refractivity contribution is 6.30. The summed E-state index contributed by atoms with van der Waals surface area (Å²) < 4.78 is 6.07. The zero-order valence-electron chi connectivity index (χ0n) is 16.4. The van der Waals surface area contributed by atoms with E-state index in [9.17, 15) is 4.79 Å². The van der Waals surface area contributed by atoms with Gasteiger partial charge in [0.25, 0.3) is 0 Å². The van der Waals surface area contributed by atoms with Gasteiger partial charge in [-0.25, -0.2) is 0 Å². The molecule has 1 heterocycles. The molecule has 1 aliphatic rings. The molecule has 3 aromatic rings. The number of anilines is 1. The summed E-state index contributed by atoms with van der Waals surface area (Å²) in [6.45, 7) is 2.20. The third-order valence-electron chi connectivity index (χ3n) is 5.29. The van der Waals surface area contributed by atoms with Gasteiger partial charge in [0.2, 0.25) is 5.78 Å². The topological polar surface area (TPSA) is 38.3 Å². The Kier molecular flexibility index (Phi) is 5.86. The summed E-state index contributed by atoms with van der Waals surface area (Å²) in [5, 5.41) is 4.13. The molecule has 0 aliphatic carbocycles. The number of carbonyl (C=O) groups is 1. The number of halogens is 1. The normalized spacial score (nSPS) is 17.4. The Labute approximate surface area is 176 Å². The first-order valence-corrected chi connectivity index (χ1v) is 10.4. The van der Waals surface area contributed by atoms with Crippen LogP contribution in [0.3, 0.4) is 0 Å². The number of benzene rings is 3. The molecule has 4 rings (SSSR count). The third-order valence-corrected chi connectivity index (χ3v) is 5.54.